The molecule has 0 aromatic heterocycles. The lowest BCUT2D eigenvalue weighted by Gasteiger charge is -2.25. The number of terminal acetylenes is 1. The minimum absolute atomic E-state index is 0.0209. The van der Waals surface area contributed by atoms with Gasteiger partial charge in [0.25, 0.3) is 0 Å². The molecule has 0 N–H and O–H groups in total. The lowest BCUT2D eigenvalue weighted by molar-refractivity contribution is -0.154. The zero-order chi connectivity index (χ0) is 21.4. The van der Waals surface area contributed by atoms with E-state index in [9.17, 15) is 4.79 Å². The van der Waals surface area contributed by atoms with Gasteiger partial charge in [-0.2, -0.15) is 0 Å². The second-order valence-electron chi connectivity index (χ2n) is 7.06. The molecule has 2 aromatic carbocycles. The molecule has 0 amide bonds. The van der Waals surface area contributed by atoms with Crippen molar-refractivity contribution in [2.24, 2.45) is 17.8 Å². The molecular weight excluding hydrogens is 407 g/mol. The van der Waals surface area contributed by atoms with Gasteiger partial charge in [0.1, 0.15) is 16.0 Å². The van der Waals surface area contributed by atoms with E-state index in [0.29, 0.717) is 17.1 Å². The van der Waals surface area contributed by atoms with Gasteiger partial charge in [0.15, 0.2) is 6.10 Å². The van der Waals surface area contributed by atoms with Gasteiger partial charge >= 0.3 is 5.97 Å². The molecule has 0 radical (unpaired) electrons. The topological polar surface area (TPSA) is 35.5 Å². The van der Waals surface area contributed by atoms with Crippen LogP contribution in [0.4, 0.5) is 0 Å². The lowest BCUT2D eigenvalue weighted by atomic mass is 9.84. The Morgan fingerprint density at radius 2 is 1.69 bits per heavy atom. The summed E-state index contributed by atoms with van der Waals surface area (Å²) < 4.78 is 11.6. The summed E-state index contributed by atoms with van der Waals surface area (Å²) in [5.74, 6) is 2.86. The Labute approximate surface area is 182 Å². The van der Waals surface area contributed by atoms with E-state index in [-0.39, 0.29) is 16.3 Å². The van der Waals surface area contributed by atoms with Gasteiger partial charge in [-0.15, -0.1) is 6.42 Å². The minimum Gasteiger partial charge on any atom is -0.457 e. The van der Waals surface area contributed by atoms with E-state index in [1.807, 2.05) is 63.2 Å². The number of rotatable bonds is 8. The summed E-state index contributed by atoms with van der Waals surface area (Å²) in [6.45, 7) is 5.76. The smallest absolute Gasteiger partial charge is 0.311 e. The van der Waals surface area contributed by atoms with E-state index in [4.69, 9.17) is 39.1 Å². The van der Waals surface area contributed by atoms with Crippen LogP contribution < -0.4 is 4.74 Å². The van der Waals surface area contributed by atoms with Crippen LogP contribution in [-0.4, -0.2) is 5.97 Å². The zero-order valence-electron chi connectivity index (χ0n) is 16.6. The van der Waals surface area contributed by atoms with Gasteiger partial charge in [-0.3, -0.25) is 4.79 Å². The highest BCUT2D eigenvalue weighted by Gasteiger charge is 2.30. The Morgan fingerprint density at radius 1 is 1.03 bits per heavy atom. The molecule has 29 heavy (non-hydrogen) atoms. The fourth-order valence-electron chi connectivity index (χ4n) is 3.16. The van der Waals surface area contributed by atoms with Crippen LogP contribution in [0.2, 0.25) is 0 Å². The van der Waals surface area contributed by atoms with Crippen LogP contribution in [-0.2, 0) is 9.53 Å². The molecule has 2 aromatic rings. The van der Waals surface area contributed by atoms with E-state index in [2.05, 4.69) is 5.92 Å². The average Bonchev–Trinajstić information content (AvgIpc) is 2.66. The zero-order valence-corrected chi connectivity index (χ0v) is 18.2. The van der Waals surface area contributed by atoms with E-state index in [0.717, 1.165) is 0 Å². The number of benzene rings is 2. The van der Waals surface area contributed by atoms with Crippen LogP contribution in [0.3, 0.4) is 0 Å². The third-order valence-corrected chi connectivity index (χ3v) is 4.72. The number of allylic oxidation sites excluding steroid dienone is 1. The summed E-state index contributed by atoms with van der Waals surface area (Å²) in [6.07, 6.45) is 6.47. The van der Waals surface area contributed by atoms with Crippen molar-refractivity contribution in [1.82, 2.24) is 0 Å². The molecule has 5 heteroatoms. The predicted molar refractivity (Wildman–Crippen MR) is 118 cm³/mol. The first-order valence-corrected chi connectivity index (χ1v) is 10.1. The summed E-state index contributed by atoms with van der Waals surface area (Å²) >= 11 is 11.5. The van der Waals surface area contributed by atoms with Crippen molar-refractivity contribution in [2.75, 3.05) is 0 Å². The molecule has 152 valence electrons. The van der Waals surface area contributed by atoms with Crippen LogP contribution >= 0.6 is 23.2 Å². The standard InChI is InChI=1S/C24H24Cl2O3/c1-5-21(29-24(27)23(16(2)3)17(4)14-22(25)26)18-10-9-13-20(15-18)28-19-11-7-6-8-12-19/h1,6-17,21,23H,2-4H3. The second kappa shape index (κ2) is 11.0. The van der Waals surface area contributed by atoms with Crippen molar-refractivity contribution in [3.63, 3.8) is 0 Å². The molecule has 0 bridgehead atoms. The van der Waals surface area contributed by atoms with Crippen molar-refractivity contribution in [3.05, 3.63) is 70.7 Å². The quantitative estimate of drug-likeness (QED) is 0.336. The molecule has 3 unspecified atom stereocenters. The van der Waals surface area contributed by atoms with E-state index < -0.39 is 18.0 Å². The van der Waals surface area contributed by atoms with Crippen LogP contribution in [0.1, 0.15) is 32.4 Å². The first-order chi connectivity index (χ1) is 13.8. The summed E-state index contributed by atoms with van der Waals surface area (Å²) in [5.41, 5.74) is 0.662. The van der Waals surface area contributed by atoms with Crippen LogP contribution in [0.15, 0.2) is 65.2 Å². The van der Waals surface area contributed by atoms with Crippen LogP contribution in [0, 0.1) is 30.1 Å². The van der Waals surface area contributed by atoms with Crippen molar-refractivity contribution >= 4 is 29.2 Å². The number of ether oxygens (including phenoxy) is 2. The molecule has 0 aliphatic carbocycles. The number of hydrogen-bond acceptors (Lipinski definition) is 3. The van der Waals surface area contributed by atoms with Gasteiger partial charge in [-0.05, 0) is 36.1 Å². The third-order valence-electron chi connectivity index (χ3n) is 4.47. The van der Waals surface area contributed by atoms with E-state index in [1.54, 1.807) is 18.2 Å². The number of halogens is 2. The fourth-order valence-corrected chi connectivity index (χ4v) is 3.55. The van der Waals surface area contributed by atoms with Gasteiger partial charge in [0.2, 0.25) is 0 Å². The third kappa shape index (κ3) is 6.85. The SMILES string of the molecule is C#CC(OC(=O)C(C(C)C)C(C)C=C(Cl)Cl)c1cccc(Oc2ccccc2)c1. The number of hydrogen-bond donors (Lipinski definition) is 0. The molecule has 0 heterocycles. The molecule has 3 nitrogen and oxygen atoms in total. The maximum atomic E-state index is 12.9. The fraction of sp³-hybridized carbons (Fsp3) is 0.292. The normalized spacial score (nSPS) is 13.7. The summed E-state index contributed by atoms with van der Waals surface area (Å²) in [6, 6.07) is 16.6. The molecule has 0 aliphatic heterocycles. The van der Waals surface area contributed by atoms with Gasteiger partial charge in [-0.1, -0.05) is 86.3 Å². The number of esters is 1. The highest BCUT2D eigenvalue weighted by molar-refractivity contribution is 6.55. The molecule has 0 saturated carbocycles. The predicted octanol–water partition coefficient (Wildman–Crippen LogP) is 6.92. The minimum atomic E-state index is -0.828. The summed E-state index contributed by atoms with van der Waals surface area (Å²) in [4.78, 5) is 12.9. The molecule has 0 aliphatic rings. The van der Waals surface area contributed by atoms with Crippen LogP contribution in [0.5, 0.6) is 11.5 Å². The van der Waals surface area contributed by atoms with E-state index in [1.165, 1.54) is 0 Å². The Hall–Kier alpha value is -2.41. The van der Waals surface area contributed by atoms with Crippen molar-refractivity contribution in [3.8, 4) is 23.8 Å². The van der Waals surface area contributed by atoms with E-state index >= 15 is 0 Å². The number of carbonyl (C=O) groups excluding carboxylic acids is 1. The van der Waals surface area contributed by atoms with Crippen molar-refractivity contribution < 1.29 is 14.3 Å². The molecule has 0 spiro atoms. The highest BCUT2D eigenvalue weighted by atomic mass is 35.5. The summed E-state index contributed by atoms with van der Waals surface area (Å²) in [7, 11) is 0. The Morgan fingerprint density at radius 3 is 2.28 bits per heavy atom. The Bertz CT molecular complexity index is 880. The lowest BCUT2D eigenvalue weighted by Crippen LogP contribution is -2.29. The first-order valence-electron chi connectivity index (χ1n) is 9.34. The summed E-state index contributed by atoms with van der Waals surface area (Å²) in [5, 5.41) is 0. The van der Waals surface area contributed by atoms with Gasteiger partial charge in [0.05, 0.1) is 5.92 Å². The molecule has 0 fully saturated rings. The maximum Gasteiger partial charge on any atom is 0.311 e. The van der Waals surface area contributed by atoms with Gasteiger partial charge in [-0.25, -0.2) is 0 Å². The van der Waals surface area contributed by atoms with Crippen molar-refractivity contribution in [1.29, 1.82) is 0 Å². The first kappa shape index (κ1) is 22.9. The molecule has 2 rings (SSSR count). The van der Waals surface area contributed by atoms with Gasteiger partial charge in [0, 0.05) is 5.56 Å². The van der Waals surface area contributed by atoms with Gasteiger partial charge < -0.3 is 9.47 Å². The highest BCUT2D eigenvalue weighted by Crippen LogP contribution is 2.30. The number of para-hydroxylation sites is 1. The van der Waals surface area contributed by atoms with Crippen LogP contribution in [0.25, 0.3) is 0 Å². The average molecular weight is 431 g/mol. The largest absolute Gasteiger partial charge is 0.457 e. The second-order valence-corrected chi connectivity index (χ2v) is 8.06. The molecular formula is C24H24Cl2O3. The number of carbonyl (C=O) groups is 1. The molecule has 0 saturated heterocycles. The Balaban J connectivity index is 2.18. The molecule has 3 atom stereocenters. The van der Waals surface area contributed by atoms with Crippen molar-refractivity contribution in [2.45, 2.75) is 26.9 Å². The monoisotopic (exact) mass is 430 g/mol. The Kier molecular flexibility index (Phi) is 8.64. The maximum absolute atomic E-state index is 12.9.